The highest BCUT2D eigenvalue weighted by Gasteiger charge is 2.29. The second kappa shape index (κ2) is 6.70. The number of ether oxygens (including phenoxy) is 1. The minimum atomic E-state index is -0.424. The van der Waals surface area contributed by atoms with Gasteiger partial charge in [-0.1, -0.05) is 6.07 Å². The quantitative estimate of drug-likeness (QED) is 0.632. The molecule has 1 aliphatic rings. The lowest BCUT2D eigenvalue weighted by atomic mass is 9.96. The minimum Gasteiger partial charge on any atom is -0.466 e. The van der Waals surface area contributed by atoms with Gasteiger partial charge in [0.15, 0.2) is 5.78 Å². The predicted octanol–water partition coefficient (Wildman–Crippen LogP) is 2.81. The molecule has 1 atom stereocenters. The lowest BCUT2D eigenvalue weighted by Gasteiger charge is -2.34. The van der Waals surface area contributed by atoms with Crippen LogP contribution in [0.4, 0.5) is 10.1 Å². The number of nitrogens with zero attached hydrogens (tertiary/aromatic N) is 1. The topological polar surface area (TPSA) is 46.6 Å². The van der Waals surface area contributed by atoms with Crippen LogP contribution in [0.1, 0.15) is 37.0 Å². The van der Waals surface area contributed by atoms with Crippen LogP contribution in [0.15, 0.2) is 18.2 Å². The highest BCUT2D eigenvalue weighted by Crippen LogP contribution is 2.29. The molecule has 4 nitrogen and oxygen atoms in total. The highest BCUT2D eigenvalue weighted by atomic mass is 19.1. The molecule has 0 radical (unpaired) electrons. The van der Waals surface area contributed by atoms with E-state index in [-0.39, 0.29) is 17.7 Å². The Hall–Kier alpha value is -1.91. The number of hydrogen-bond donors (Lipinski definition) is 0. The molecule has 0 N–H and O–H groups in total. The second-order valence-electron chi connectivity index (χ2n) is 5.23. The Morgan fingerprint density at radius 3 is 2.86 bits per heavy atom. The summed E-state index contributed by atoms with van der Waals surface area (Å²) >= 11 is 0. The van der Waals surface area contributed by atoms with Crippen molar-refractivity contribution in [2.75, 3.05) is 24.6 Å². The van der Waals surface area contributed by atoms with Gasteiger partial charge in [-0.25, -0.2) is 4.39 Å². The van der Waals surface area contributed by atoms with Gasteiger partial charge in [0.05, 0.1) is 18.2 Å². The summed E-state index contributed by atoms with van der Waals surface area (Å²) < 4.78 is 19.2. The van der Waals surface area contributed by atoms with Gasteiger partial charge in [-0.15, -0.1) is 0 Å². The van der Waals surface area contributed by atoms with Crippen LogP contribution in [0.5, 0.6) is 0 Å². The lowest BCUT2D eigenvalue weighted by molar-refractivity contribution is -0.148. The number of benzene rings is 1. The molecule has 0 saturated carbocycles. The van der Waals surface area contributed by atoms with Gasteiger partial charge in [0.25, 0.3) is 0 Å². The standard InChI is InChI=1S/C16H20FNO3/c1-3-21-16(20)12-6-5-9-18(10-12)15-13(11(2)19)7-4-8-14(15)17/h4,7-8,12H,3,5-6,9-10H2,1-2H3. The summed E-state index contributed by atoms with van der Waals surface area (Å²) in [4.78, 5) is 25.4. The normalized spacial score (nSPS) is 18.4. The molecular weight excluding hydrogens is 273 g/mol. The first-order chi connectivity index (χ1) is 10.0. The van der Waals surface area contributed by atoms with Crippen LogP contribution in [-0.2, 0) is 9.53 Å². The third-order valence-corrected chi connectivity index (χ3v) is 3.72. The van der Waals surface area contributed by atoms with E-state index in [4.69, 9.17) is 4.74 Å². The first kappa shape index (κ1) is 15.5. The average Bonchev–Trinajstić information content (AvgIpc) is 2.47. The Kier molecular flexibility index (Phi) is 4.94. The summed E-state index contributed by atoms with van der Waals surface area (Å²) in [5.41, 5.74) is 0.665. The molecule has 1 fully saturated rings. The Bertz CT molecular complexity index is 544. The monoisotopic (exact) mass is 293 g/mol. The van der Waals surface area contributed by atoms with Crippen molar-refractivity contribution in [3.63, 3.8) is 0 Å². The molecule has 0 bridgehead atoms. The van der Waals surface area contributed by atoms with Crippen LogP contribution in [-0.4, -0.2) is 31.4 Å². The molecule has 1 aromatic rings. The second-order valence-corrected chi connectivity index (χ2v) is 5.23. The van der Waals surface area contributed by atoms with E-state index in [9.17, 15) is 14.0 Å². The molecule has 2 rings (SSSR count). The van der Waals surface area contributed by atoms with Gasteiger partial charge < -0.3 is 9.64 Å². The van der Waals surface area contributed by atoms with Crippen LogP contribution in [0, 0.1) is 11.7 Å². The van der Waals surface area contributed by atoms with E-state index in [2.05, 4.69) is 0 Å². The maximum Gasteiger partial charge on any atom is 0.310 e. The van der Waals surface area contributed by atoms with Crippen molar-refractivity contribution in [1.29, 1.82) is 0 Å². The number of ketones is 1. The summed E-state index contributed by atoms with van der Waals surface area (Å²) in [5, 5.41) is 0. The molecule has 1 saturated heterocycles. The first-order valence-electron chi connectivity index (χ1n) is 7.25. The Balaban J connectivity index is 2.26. The zero-order valence-electron chi connectivity index (χ0n) is 12.4. The van der Waals surface area contributed by atoms with E-state index in [1.165, 1.54) is 19.1 Å². The van der Waals surface area contributed by atoms with Crippen LogP contribution in [0.25, 0.3) is 0 Å². The third-order valence-electron chi connectivity index (χ3n) is 3.72. The van der Waals surface area contributed by atoms with E-state index in [0.717, 1.165) is 12.8 Å². The van der Waals surface area contributed by atoms with Crippen molar-refractivity contribution >= 4 is 17.4 Å². The Morgan fingerprint density at radius 2 is 2.19 bits per heavy atom. The van der Waals surface area contributed by atoms with Gasteiger partial charge in [-0.05, 0) is 38.8 Å². The van der Waals surface area contributed by atoms with Crippen molar-refractivity contribution in [3.05, 3.63) is 29.6 Å². The number of carbonyl (C=O) groups excluding carboxylic acids is 2. The summed E-state index contributed by atoms with van der Waals surface area (Å²) in [5.74, 6) is -1.11. The summed E-state index contributed by atoms with van der Waals surface area (Å²) in [6.07, 6.45) is 1.51. The Labute approximate surface area is 123 Å². The van der Waals surface area contributed by atoms with Crippen LogP contribution < -0.4 is 4.90 Å². The van der Waals surface area contributed by atoms with Gasteiger partial charge in [-0.2, -0.15) is 0 Å². The fourth-order valence-corrected chi connectivity index (χ4v) is 2.75. The summed E-state index contributed by atoms with van der Waals surface area (Å²) in [6.45, 7) is 4.55. The number of para-hydroxylation sites is 1. The van der Waals surface area contributed by atoms with E-state index in [0.29, 0.717) is 30.9 Å². The molecule has 1 aliphatic heterocycles. The van der Waals surface area contributed by atoms with Crippen molar-refractivity contribution in [3.8, 4) is 0 Å². The lowest BCUT2D eigenvalue weighted by Crippen LogP contribution is -2.40. The summed E-state index contributed by atoms with van der Waals surface area (Å²) in [7, 11) is 0. The third kappa shape index (κ3) is 3.40. The zero-order valence-corrected chi connectivity index (χ0v) is 12.4. The maximum absolute atomic E-state index is 14.2. The zero-order chi connectivity index (χ0) is 15.4. The number of carbonyl (C=O) groups is 2. The molecule has 21 heavy (non-hydrogen) atoms. The molecular formula is C16H20FNO3. The molecule has 1 unspecified atom stereocenters. The van der Waals surface area contributed by atoms with E-state index in [1.807, 2.05) is 0 Å². The fourth-order valence-electron chi connectivity index (χ4n) is 2.75. The van der Waals surface area contributed by atoms with Crippen LogP contribution >= 0.6 is 0 Å². The molecule has 5 heteroatoms. The number of esters is 1. The van der Waals surface area contributed by atoms with Gasteiger partial charge in [0, 0.05) is 18.7 Å². The van der Waals surface area contributed by atoms with Gasteiger partial charge in [-0.3, -0.25) is 9.59 Å². The van der Waals surface area contributed by atoms with Crippen molar-refractivity contribution < 1.29 is 18.7 Å². The van der Waals surface area contributed by atoms with Crippen molar-refractivity contribution in [2.45, 2.75) is 26.7 Å². The van der Waals surface area contributed by atoms with E-state index >= 15 is 0 Å². The van der Waals surface area contributed by atoms with Gasteiger partial charge in [0.1, 0.15) is 5.82 Å². The number of rotatable bonds is 4. The first-order valence-corrected chi connectivity index (χ1v) is 7.25. The number of anilines is 1. The van der Waals surface area contributed by atoms with Crippen molar-refractivity contribution in [2.24, 2.45) is 5.92 Å². The fraction of sp³-hybridized carbons (Fsp3) is 0.500. The molecule has 0 amide bonds. The molecule has 1 heterocycles. The number of hydrogen-bond acceptors (Lipinski definition) is 4. The Morgan fingerprint density at radius 1 is 1.43 bits per heavy atom. The molecule has 1 aromatic carbocycles. The van der Waals surface area contributed by atoms with E-state index in [1.54, 1.807) is 17.9 Å². The van der Waals surface area contributed by atoms with Gasteiger partial charge in [0.2, 0.25) is 0 Å². The molecule has 0 aromatic heterocycles. The maximum atomic E-state index is 14.2. The molecule has 0 spiro atoms. The number of piperidine rings is 1. The molecule has 0 aliphatic carbocycles. The van der Waals surface area contributed by atoms with Gasteiger partial charge >= 0.3 is 5.97 Å². The minimum absolute atomic E-state index is 0.178. The predicted molar refractivity (Wildman–Crippen MR) is 78.0 cm³/mol. The number of halogens is 1. The molecule has 114 valence electrons. The van der Waals surface area contributed by atoms with Crippen LogP contribution in [0.2, 0.25) is 0 Å². The smallest absolute Gasteiger partial charge is 0.310 e. The average molecular weight is 293 g/mol. The van der Waals surface area contributed by atoms with Crippen molar-refractivity contribution in [1.82, 2.24) is 0 Å². The SMILES string of the molecule is CCOC(=O)C1CCCN(c2c(F)cccc2C(C)=O)C1. The highest BCUT2D eigenvalue weighted by molar-refractivity contribution is 6.00. The summed E-state index contributed by atoms with van der Waals surface area (Å²) in [6, 6.07) is 4.49. The number of Topliss-reactive ketones (excluding diaryl/α,β-unsaturated/α-hetero) is 1. The van der Waals surface area contributed by atoms with Crippen LogP contribution in [0.3, 0.4) is 0 Å². The van der Waals surface area contributed by atoms with E-state index < -0.39 is 5.82 Å². The largest absolute Gasteiger partial charge is 0.466 e.